The maximum Gasteiger partial charge on any atom is 0.353 e. The van der Waals surface area contributed by atoms with E-state index in [0.29, 0.717) is 6.07 Å². The monoisotopic (exact) mass is 686 g/mol. The number of nitrogens with zero attached hydrogens (tertiary/aromatic N) is 3. The van der Waals surface area contributed by atoms with Gasteiger partial charge in [-0.3, -0.25) is 23.7 Å². The number of pyridine rings is 3. The van der Waals surface area contributed by atoms with Gasteiger partial charge in [0, 0.05) is 55.5 Å². The molecule has 3 heterocycles. The molecule has 0 unspecified atom stereocenters. The molecule has 1 N–H and O–H groups in total. The second-order valence-corrected chi connectivity index (χ2v) is 8.07. The first kappa shape index (κ1) is 28.4. The predicted octanol–water partition coefficient (Wildman–Crippen LogP) is 6.75. The van der Waals surface area contributed by atoms with Crippen LogP contribution in [0.3, 0.4) is 0 Å². The number of aryl methyl sites for hydroxylation is 2. The van der Waals surface area contributed by atoms with Crippen LogP contribution in [0.25, 0.3) is 33.8 Å². The Balaban J connectivity index is 0.000000208. The topological polar surface area (TPSA) is 76.0 Å². The van der Waals surface area contributed by atoms with Crippen molar-refractivity contribution >= 4 is 5.97 Å². The van der Waals surface area contributed by atoms with Crippen molar-refractivity contribution in [2.45, 2.75) is 13.8 Å². The average molecular weight is 686 g/mol. The zero-order valence-electron chi connectivity index (χ0n) is 20.4. The Labute approximate surface area is 232 Å². The van der Waals surface area contributed by atoms with Crippen molar-refractivity contribution in [3.8, 4) is 33.8 Å². The molecule has 2 aromatic carbocycles. The Kier molecular flexibility index (Phi) is 9.66. The first-order valence-electron chi connectivity index (χ1n) is 11.3. The summed E-state index contributed by atoms with van der Waals surface area (Å²) in [6.07, 6.45) is 3.62. The summed E-state index contributed by atoms with van der Waals surface area (Å²) < 4.78 is 26.1. The Bertz CT molecular complexity index is 1490. The van der Waals surface area contributed by atoms with Gasteiger partial charge in [0.05, 0.1) is 0 Å². The minimum absolute atomic E-state index is 0. The van der Waals surface area contributed by atoms with Gasteiger partial charge in [0.25, 0.3) is 0 Å². The molecule has 0 saturated heterocycles. The molecular formula is C30H21F2IrN3O2-2. The zero-order chi connectivity index (χ0) is 26.4. The molecule has 8 heteroatoms. The van der Waals surface area contributed by atoms with Crippen molar-refractivity contribution < 1.29 is 38.8 Å². The van der Waals surface area contributed by atoms with Gasteiger partial charge >= 0.3 is 5.97 Å². The Morgan fingerprint density at radius 1 is 0.789 bits per heavy atom. The molecule has 193 valence electrons. The van der Waals surface area contributed by atoms with E-state index in [4.69, 9.17) is 5.11 Å². The number of carboxylic acids is 1. The average Bonchev–Trinajstić information content (AvgIpc) is 2.90. The Hall–Kier alpha value is -4.13. The van der Waals surface area contributed by atoms with Crippen molar-refractivity contribution in [2.24, 2.45) is 0 Å². The van der Waals surface area contributed by atoms with E-state index >= 15 is 0 Å². The van der Waals surface area contributed by atoms with Gasteiger partial charge in [0.15, 0.2) is 0 Å². The molecule has 0 aliphatic carbocycles. The predicted molar refractivity (Wildman–Crippen MR) is 137 cm³/mol. The van der Waals surface area contributed by atoms with Crippen molar-refractivity contribution in [1.82, 2.24) is 15.0 Å². The molecule has 5 rings (SSSR count). The third-order valence-corrected chi connectivity index (χ3v) is 5.40. The van der Waals surface area contributed by atoms with Gasteiger partial charge in [-0.1, -0.05) is 73.0 Å². The van der Waals surface area contributed by atoms with Gasteiger partial charge in [-0.15, -0.1) is 35.4 Å². The number of carboxylic acid groups (broad SMARTS) is 1. The van der Waals surface area contributed by atoms with Crippen molar-refractivity contribution in [3.63, 3.8) is 0 Å². The third-order valence-electron chi connectivity index (χ3n) is 5.40. The van der Waals surface area contributed by atoms with Gasteiger partial charge in [-0.05, 0) is 23.9 Å². The molecule has 0 amide bonds. The SMILES string of the molecule is Cc1cc(C)c(-c2ccccn2)[c-]c1-c1ccccn1.O=C(O)c1cccc(-c2[c-]cc(F)cc2F)n1.[Ir]. The van der Waals surface area contributed by atoms with Crippen LogP contribution in [0.15, 0.2) is 85.2 Å². The number of aromatic nitrogens is 3. The molecule has 0 atom stereocenters. The van der Waals surface area contributed by atoms with E-state index in [0.717, 1.165) is 28.6 Å². The number of rotatable bonds is 4. The smallest absolute Gasteiger partial charge is 0.353 e. The van der Waals surface area contributed by atoms with E-state index in [-0.39, 0.29) is 37.1 Å². The summed E-state index contributed by atoms with van der Waals surface area (Å²) >= 11 is 0. The molecule has 0 spiro atoms. The van der Waals surface area contributed by atoms with Crippen LogP contribution in [-0.4, -0.2) is 26.0 Å². The van der Waals surface area contributed by atoms with E-state index < -0.39 is 17.6 Å². The number of carbonyl (C=O) groups is 1. The quantitative estimate of drug-likeness (QED) is 0.212. The summed E-state index contributed by atoms with van der Waals surface area (Å²) in [4.78, 5) is 23.3. The van der Waals surface area contributed by atoms with Crippen LogP contribution in [0.2, 0.25) is 0 Å². The van der Waals surface area contributed by atoms with Crippen molar-refractivity contribution in [3.05, 3.63) is 126 Å². The molecule has 5 aromatic rings. The van der Waals surface area contributed by atoms with Crippen LogP contribution in [0.1, 0.15) is 21.6 Å². The van der Waals surface area contributed by atoms with Crippen molar-refractivity contribution in [1.29, 1.82) is 0 Å². The van der Waals surface area contributed by atoms with Crippen molar-refractivity contribution in [2.75, 3.05) is 0 Å². The second kappa shape index (κ2) is 12.9. The standard InChI is InChI=1S/C18H15N2.C12H6F2NO2.Ir/c1-13-11-14(2)16(18-8-4-6-10-20-18)12-15(13)17-7-3-5-9-19-17;13-7-4-5-8(9(14)6-7)10-2-1-3-11(15-10)12(16)17;/h3-11H,1-2H3;1-4,6H,(H,16,17);/q2*-1;. The molecule has 3 aromatic heterocycles. The van der Waals surface area contributed by atoms with Gasteiger partial charge in [0.2, 0.25) is 0 Å². The van der Waals surface area contributed by atoms with Gasteiger partial charge < -0.3 is 5.11 Å². The molecule has 5 nitrogen and oxygen atoms in total. The van der Waals surface area contributed by atoms with Crippen LogP contribution >= 0.6 is 0 Å². The summed E-state index contributed by atoms with van der Waals surface area (Å²) in [5.74, 6) is -2.80. The fourth-order valence-electron chi connectivity index (χ4n) is 3.68. The Morgan fingerprint density at radius 2 is 1.37 bits per heavy atom. The van der Waals surface area contributed by atoms with Gasteiger partial charge in [0.1, 0.15) is 5.69 Å². The molecule has 0 aliphatic heterocycles. The molecule has 1 radical (unpaired) electrons. The van der Waals surface area contributed by atoms with Gasteiger partial charge in [-0.2, -0.15) is 0 Å². The normalized spacial score (nSPS) is 10.1. The first-order chi connectivity index (χ1) is 17.8. The summed E-state index contributed by atoms with van der Waals surface area (Å²) in [6.45, 7) is 4.19. The van der Waals surface area contributed by atoms with Gasteiger partial charge in [-0.25, -0.2) is 4.79 Å². The molecule has 0 aliphatic rings. The fraction of sp³-hybridized carbons (Fsp3) is 0.0667. The maximum atomic E-state index is 13.4. The maximum absolute atomic E-state index is 13.4. The number of halogens is 2. The van der Waals surface area contributed by atoms with E-state index in [1.54, 1.807) is 0 Å². The number of hydrogen-bond acceptors (Lipinski definition) is 4. The fourth-order valence-corrected chi connectivity index (χ4v) is 3.68. The van der Waals surface area contributed by atoms with E-state index in [1.807, 2.05) is 48.8 Å². The van der Waals surface area contributed by atoms with E-state index in [2.05, 4.69) is 47.0 Å². The summed E-state index contributed by atoms with van der Waals surface area (Å²) in [6, 6.07) is 25.7. The molecular weight excluding hydrogens is 665 g/mol. The minimum atomic E-state index is -1.21. The van der Waals surface area contributed by atoms with Crippen LogP contribution in [0.4, 0.5) is 8.78 Å². The van der Waals surface area contributed by atoms with Crippen LogP contribution in [0, 0.1) is 37.6 Å². The summed E-state index contributed by atoms with van der Waals surface area (Å²) in [5.41, 5.74) is 6.16. The van der Waals surface area contributed by atoms with E-state index in [1.165, 1.54) is 29.3 Å². The molecule has 0 bridgehead atoms. The molecule has 0 fully saturated rings. The van der Waals surface area contributed by atoms with Crippen LogP contribution in [0.5, 0.6) is 0 Å². The molecule has 0 saturated carbocycles. The number of hydrogen-bond donors (Lipinski definition) is 1. The minimum Gasteiger partial charge on any atom is -0.477 e. The largest absolute Gasteiger partial charge is 0.477 e. The number of benzene rings is 2. The number of aromatic carboxylic acids is 1. The van der Waals surface area contributed by atoms with Crippen LogP contribution < -0.4 is 0 Å². The van der Waals surface area contributed by atoms with Crippen LogP contribution in [-0.2, 0) is 20.1 Å². The second-order valence-electron chi connectivity index (χ2n) is 8.07. The van der Waals surface area contributed by atoms with E-state index in [9.17, 15) is 13.6 Å². The molecule has 38 heavy (non-hydrogen) atoms. The summed E-state index contributed by atoms with van der Waals surface area (Å²) in [7, 11) is 0. The first-order valence-corrected chi connectivity index (χ1v) is 11.3. The Morgan fingerprint density at radius 3 is 1.87 bits per heavy atom. The zero-order valence-corrected chi connectivity index (χ0v) is 22.8. The third kappa shape index (κ3) is 6.79. The summed E-state index contributed by atoms with van der Waals surface area (Å²) in [5, 5.41) is 8.74.